The summed E-state index contributed by atoms with van der Waals surface area (Å²) in [7, 11) is -2.90. The van der Waals surface area contributed by atoms with Crippen molar-refractivity contribution in [2.24, 2.45) is 0 Å². The Kier molecular flexibility index (Phi) is 16.8. The van der Waals surface area contributed by atoms with Gasteiger partial charge in [-0.25, -0.2) is 0 Å². The zero-order valence-corrected chi connectivity index (χ0v) is 29.0. The van der Waals surface area contributed by atoms with Gasteiger partial charge in [0.2, 0.25) is 0 Å². The molecule has 0 spiro atoms. The molecule has 0 saturated heterocycles. The summed E-state index contributed by atoms with van der Waals surface area (Å²) in [5.41, 5.74) is 0. The van der Waals surface area contributed by atoms with Gasteiger partial charge in [0.05, 0.1) is 8.07 Å². The third kappa shape index (κ3) is 13.6. The fraction of sp³-hybridized carbons (Fsp3) is 1.00. The maximum atomic E-state index is 8.99. The van der Waals surface area contributed by atoms with Crippen LogP contribution in [0.3, 0.4) is 0 Å². The standard InChI is InChI=1S/C7H18OSi.C7H17OSi.3C4H9.Sn/c1-7(2,3)9(4,5)6-8;1-7(2,3)9(5,6)8-4;3*1-3-4-2;/h8H,6H2,1-5H3;4H2,1-3,5-6H3;3*1,3-4H2,2H3;. The van der Waals surface area contributed by atoms with Gasteiger partial charge in [0.25, 0.3) is 0 Å². The molecule has 0 fully saturated rings. The summed E-state index contributed by atoms with van der Waals surface area (Å²) < 4.78 is 12.7. The van der Waals surface area contributed by atoms with E-state index in [2.05, 4.69) is 88.5 Å². The molecule has 0 radical (unpaired) electrons. The summed E-state index contributed by atoms with van der Waals surface area (Å²) in [6.45, 7) is 30.1. The van der Waals surface area contributed by atoms with Crippen molar-refractivity contribution in [3.05, 3.63) is 0 Å². The van der Waals surface area contributed by atoms with Crippen LogP contribution < -0.4 is 0 Å². The van der Waals surface area contributed by atoms with Gasteiger partial charge in [-0.2, -0.15) is 0 Å². The van der Waals surface area contributed by atoms with Gasteiger partial charge in [0.15, 0.2) is 0 Å². The van der Waals surface area contributed by atoms with Crippen LogP contribution in [-0.2, 0) is 4.43 Å². The third-order valence-electron chi connectivity index (χ3n) is 8.15. The van der Waals surface area contributed by atoms with E-state index in [9.17, 15) is 0 Å². The van der Waals surface area contributed by atoms with E-state index in [-0.39, 0.29) is 0 Å². The fourth-order valence-electron chi connectivity index (χ4n) is 3.03. The Hall–Kier alpha value is 1.15. The first kappa shape index (κ1) is 34.3. The van der Waals surface area contributed by atoms with Crippen LogP contribution in [0.2, 0.25) is 49.6 Å². The van der Waals surface area contributed by atoms with Crippen molar-refractivity contribution in [1.82, 2.24) is 0 Å². The van der Waals surface area contributed by atoms with E-state index < -0.39 is 34.8 Å². The number of aliphatic hydroxyl groups excluding tert-OH is 1. The van der Waals surface area contributed by atoms with Crippen molar-refractivity contribution in [3.8, 4) is 0 Å². The Labute approximate surface area is 204 Å². The quantitative estimate of drug-likeness (QED) is 0.220. The van der Waals surface area contributed by atoms with Crippen molar-refractivity contribution in [1.29, 1.82) is 0 Å². The Morgan fingerprint density at radius 1 is 0.677 bits per heavy atom. The second-order valence-electron chi connectivity index (χ2n) is 13.2. The number of unbranched alkanes of at least 4 members (excludes halogenated alkanes) is 3. The summed E-state index contributed by atoms with van der Waals surface area (Å²) in [6, 6.07) is 0. The van der Waals surface area contributed by atoms with E-state index in [1.165, 1.54) is 43.1 Å². The molecule has 1 N–H and O–H groups in total. The Bertz CT molecular complexity index is 430. The van der Waals surface area contributed by atoms with Crippen LogP contribution in [-0.4, -0.2) is 50.7 Å². The molecule has 2 nitrogen and oxygen atoms in total. The predicted octanol–water partition coefficient (Wildman–Crippen LogP) is 9.42. The summed E-state index contributed by atoms with van der Waals surface area (Å²) >= 11 is -2.09. The Morgan fingerprint density at radius 2 is 1.03 bits per heavy atom. The molecule has 5 heteroatoms. The first-order chi connectivity index (χ1) is 13.9. The van der Waals surface area contributed by atoms with Crippen molar-refractivity contribution >= 4 is 34.8 Å². The molecular formula is C26H62O2Si2Sn. The van der Waals surface area contributed by atoms with E-state index in [4.69, 9.17) is 9.53 Å². The zero-order chi connectivity index (χ0) is 25.0. The van der Waals surface area contributed by atoms with Gasteiger partial charge in [-0.15, -0.1) is 0 Å². The van der Waals surface area contributed by atoms with E-state index >= 15 is 0 Å². The average Bonchev–Trinajstić information content (AvgIpc) is 2.65. The van der Waals surface area contributed by atoms with E-state index in [0.29, 0.717) is 16.3 Å². The van der Waals surface area contributed by atoms with Crippen LogP contribution in [0.5, 0.6) is 0 Å². The first-order valence-corrected chi connectivity index (χ1v) is 27.4. The molecule has 0 aliphatic rings. The van der Waals surface area contributed by atoms with Crippen LogP contribution in [0.1, 0.15) is 101 Å². The number of rotatable bonds is 13. The topological polar surface area (TPSA) is 29.5 Å². The van der Waals surface area contributed by atoms with Gasteiger partial charge < -0.3 is 5.11 Å². The van der Waals surface area contributed by atoms with Crippen molar-refractivity contribution in [3.63, 3.8) is 0 Å². The summed E-state index contributed by atoms with van der Waals surface area (Å²) in [5, 5.41) is 9.68. The maximum absolute atomic E-state index is 8.99. The summed E-state index contributed by atoms with van der Waals surface area (Å²) in [6.07, 6.45) is 8.82. The van der Waals surface area contributed by atoms with Gasteiger partial charge >= 0.3 is 147 Å². The van der Waals surface area contributed by atoms with Crippen molar-refractivity contribution in [2.75, 3.05) is 10.9 Å². The van der Waals surface area contributed by atoms with Gasteiger partial charge in [-0.05, 0) is 5.04 Å². The van der Waals surface area contributed by atoms with Crippen LogP contribution in [0.25, 0.3) is 0 Å². The Morgan fingerprint density at radius 3 is 1.23 bits per heavy atom. The van der Waals surface area contributed by atoms with E-state index in [1.54, 1.807) is 13.3 Å². The molecule has 0 rings (SSSR count). The third-order valence-corrected chi connectivity index (χ3v) is 32.6. The molecule has 0 aliphatic carbocycles. The molecule has 0 aromatic carbocycles. The van der Waals surface area contributed by atoms with E-state index in [0.717, 1.165) is 0 Å². The fourth-order valence-corrected chi connectivity index (χ4v) is 23.1. The zero-order valence-electron chi connectivity index (χ0n) is 24.1. The molecule has 0 aromatic heterocycles. The molecule has 190 valence electrons. The van der Waals surface area contributed by atoms with Gasteiger partial charge in [-0.3, -0.25) is 0 Å². The summed E-state index contributed by atoms with van der Waals surface area (Å²) in [4.78, 5) is 0. The van der Waals surface area contributed by atoms with Crippen LogP contribution in [0, 0.1) is 0 Å². The number of hydrogen-bond acceptors (Lipinski definition) is 2. The molecule has 31 heavy (non-hydrogen) atoms. The molecule has 0 aliphatic heterocycles. The normalized spacial score (nSPS) is 13.7. The molecule has 0 aromatic rings. The Balaban J connectivity index is 0. The van der Waals surface area contributed by atoms with Crippen molar-refractivity contribution < 1.29 is 9.53 Å². The SMILES string of the molecule is CC(C)(C)[Si](C)(C)CO.CCC[CH2][Sn]([CH2]CCC)([CH2]CCC)[CH2]O[Si](C)(C)C(C)(C)C. The molecular weight excluding hydrogens is 519 g/mol. The molecule has 0 atom stereocenters. The van der Waals surface area contributed by atoms with Crippen molar-refractivity contribution in [2.45, 2.75) is 150 Å². The minimum atomic E-state index is -2.09. The monoisotopic (exact) mass is 582 g/mol. The van der Waals surface area contributed by atoms with Gasteiger partial charge in [0.1, 0.15) is 0 Å². The van der Waals surface area contributed by atoms with Gasteiger partial charge in [-0.1, -0.05) is 33.9 Å². The first-order valence-electron chi connectivity index (χ1n) is 13.2. The summed E-state index contributed by atoms with van der Waals surface area (Å²) in [5.74, 6) is 0. The minimum absolute atomic E-state index is 0.335. The molecule has 0 unspecified atom stereocenters. The molecule has 0 amide bonds. The molecule has 0 heterocycles. The number of hydrogen-bond donors (Lipinski definition) is 1. The van der Waals surface area contributed by atoms with Gasteiger partial charge in [0, 0.05) is 6.23 Å². The molecule has 0 bridgehead atoms. The van der Waals surface area contributed by atoms with Crippen LogP contribution >= 0.6 is 0 Å². The molecule has 0 saturated carbocycles. The van der Waals surface area contributed by atoms with Crippen LogP contribution in [0.15, 0.2) is 0 Å². The average molecular weight is 582 g/mol. The second kappa shape index (κ2) is 15.2. The predicted molar refractivity (Wildman–Crippen MR) is 152 cm³/mol. The van der Waals surface area contributed by atoms with E-state index in [1.807, 2.05) is 0 Å². The van der Waals surface area contributed by atoms with Crippen LogP contribution in [0.4, 0.5) is 0 Å². The second-order valence-corrected chi connectivity index (χ2v) is 37.2. The number of aliphatic hydroxyl groups is 1.